The lowest BCUT2D eigenvalue weighted by Crippen LogP contribution is -2.47. The van der Waals surface area contributed by atoms with Gasteiger partial charge in [-0.15, -0.1) is 0 Å². The summed E-state index contributed by atoms with van der Waals surface area (Å²) >= 11 is 0. The summed E-state index contributed by atoms with van der Waals surface area (Å²) in [5.41, 5.74) is 0. The van der Waals surface area contributed by atoms with Gasteiger partial charge in [-0.2, -0.15) is 0 Å². The van der Waals surface area contributed by atoms with Crippen LogP contribution in [0.5, 0.6) is 0 Å². The molecule has 1 heterocycles. The normalized spacial score (nSPS) is 22.6. The predicted octanol–water partition coefficient (Wildman–Crippen LogP) is 0.114. The molecule has 0 bridgehead atoms. The number of carboxylic acids is 1. The van der Waals surface area contributed by atoms with Gasteiger partial charge in [-0.1, -0.05) is 0 Å². The molecule has 0 aromatic carbocycles. The molecule has 16 heavy (non-hydrogen) atoms. The largest absolute Gasteiger partial charge is 0.481 e. The number of ether oxygens (including phenoxy) is 1. The van der Waals surface area contributed by atoms with Crippen LogP contribution in [0.2, 0.25) is 0 Å². The van der Waals surface area contributed by atoms with Gasteiger partial charge in [0.2, 0.25) is 0 Å². The third kappa shape index (κ3) is 4.92. The number of hydrogen-bond donors (Lipinski definition) is 1. The lowest BCUT2D eigenvalue weighted by Gasteiger charge is -2.36. The van der Waals surface area contributed by atoms with Crippen LogP contribution in [0.25, 0.3) is 0 Å². The van der Waals surface area contributed by atoms with Crippen molar-refractivity contribution in [2.75, 3.05) is 46.9 Å². The Morgan fingerprint density at radius 2 is 2.31 bits per heavy atom. The Bertz CT molecular complexity index is 221. The zero-order valence-electron chi connectivity index (χ0n) is 10.2. The van der Waals surface area contributed by atoms with Gasteiger partial charge < -0.3 is 14.7 Å². The van der Waals surface area contributed by atoms with Gasteiger partial charge in [-0.25, -0.2) is 0 Å². The van der Waals surface area contributed by atoms with E-state index in [1.165, 1.54) is 0 Å². The van der Waals surface area contributed by atoms with Crippen molar-refractivity contribution >= 4 is 5.97 Å². The van der Waals surface area contributed by atoms with E-state index < -0.39 is 5.97 Å². The van der Waals surface area contributed by atoms with Crippen LogP contribution < -0.4 is 0 Å². The maximum atomic E-state index is 10.5. The fourth-order valence-electron chi connectivity index (χ4n) is 1.87. The van der Waals surface area contributed by atoms with E-state index in [2.05, 4.69) is 9.80 Å². The highest BCUT2D eigenvalue weighted by atomic mass is 16.5. The molecule has 0 radical (unpaired) electrons. The van der Waals surface area contributed by atoms with E-state index in [0.717, 1.165) is 26.2 Å². The van der Waals surface area contributed by atoms with Gasteiger partial charge in [0.15, 0.2) is 0 Å². The van der Waals surface area contributed by atoms with Crippen LogP contribution in [-0.2, 0) is 9.53 Å². The minimum atomic E-state index is -0.724. The lowest BCUT2D eigenvalue weighted by molar-refractivity contribution is -0.137. The molecule has 0 aromatic heterocycles. The number of carboxylic acid groups (broad SMARTS) is 1. The topological polar surface area (TPSA) is 53.0 Å². The number of carbonyl (C=O) groups is 1. The molecule has 1 aliphatic rings. The van der Waals surface area contributed by atoms with Crippen LogP contribution in [0.15, 0.2) is 0 Å². The standard InChI is InChI=1S/C11H22N2O3/c1-12(2)5-6-13-7-8-16-9-10(13)3-4-11(14)15/h10H,3-9H2,1-2H3,(H,14,15). The van der Waals surface area contributed by atoms with Crippen LogP contribution in [0.4, 0.5) is 0 Å². The second kappa shape index (κ2) is 6.83. The average Bonchev–Trinajstić information content (AvgIpc) is 2.24. The van der Waals surface area contributed by atoms with Gasteiger partial charge in [-0.05, 0) is 20.5 Å². The van der Waals surface area contributed by atoms with E-state index in [0.29, 0.717) is 13.0 Å². The van der Waals surface area contributed by atoms with Crippen LogP contribution >= 0.6 is 0 Å². The molecular weight excluding hydrogens is 208 g/mol. The first-order valence-corrected chi connectivity index (χ1v) is 5.78. The zero-order chi connectivity index (χ0) is 12.0. The molecule has 5 nitrogen and oxygen atoms in total. The molecule has 0 saturated carbocycles. The maximum Gasteiger partial charge on any atom is 0.303 e. The number of hydrogen-bond acceptors (Lipinski definition) is 4. The van der Waals surface area contributed by atoms with Crippen molar-refractivity contribution in [1.82, 2.24) is 9.80 Å². The Balaban J connectivity index is 2.34. The second-order valence-electron chi connectivity index (χ2n) is 4.50. The summed E-state index contributed by atoms with van der Waals surface area (Å²) in [5.74, 6) is -0.724. The quantitative estimate of drug-likeness (QED) is 0.702. The first-order chi connectivity index (χ1) is 7.59. The number of rotatable bonds is 6. The van der Waals surface area contributed by atoms with Crippen molar-refractivity contribution in [2.45, 2.75) is 18.9 Å². The van der Waals surface area contributed by atoms with E-state index in [9.17, 15) is 4.79 Å². The number of likely N-dealkylation sites (N-methyl/N-ethyl adjacent to an activating group) is 1. The molecule has 0 amide bonds. The van der Waals surface area contributed by atoms with Crippen LogP contribution in [0.3, 0.4) is 0 Å². The molecule has 1 saturated heterocycles. The Morgan fingerprint density at radius 1 is 1.56 bits per heavy atom. The minimum absolute atomic E-state index is 0.229. The van der Waals surface area contributed by atoms with Gasteiger partial charge in [0.25, 0.3) is 0 Å². The highest BCUT2D eigenvalue weighted by Crippen LogP contribution is 2.12. The van der Waals surface area contributed by atoms with Gasteiger partial charge in [0.05, 0.1) is 13.2 Å². The summed E-state index contributed by atoms with van der Waals surface area (Å²) in [6.07, 6.45) is 0.912. The Morgan fingerprint density at radius 3 is 2.94 bits per heavy atom. The summed E-state index contributed by atoms with van der Waals surface area (Å²) in [6.45, 7) is 4.33. The molecule has 0 spiro atoms. The molecule has 0 aliphatic carbocycles. The monoisotopic (exact) mass is 230 g/mol. The summed E-state index contributed by atoms with van der Waals surface area (Å²) in [4.78, 5) is 15.0. The Kier molecular flexibility index (Phi) is 5.73. The Hall–Kier alpha value is -0.650. The molecule has 94 valence electrons. The van der Waals surface area contributed by atoms with Gasteiger partial charge in [0, 0.05) is 32.1 Å². The number of morpholine rings is 1. The third-order valence-electron chi connectivity index (χ3n) is 2.88. The smallest absolute Gasteiger partial charge is 0.303 e. The van der Waals surface area contributed by atoms with Crippen LogP contribution in [0.1, 0.15) is 12.8 Å². The third-order valence-corrected chi connectivity index (χ3v) is 2.88. The maximum absolute atomic E-state index is 10.5. The zero-order valence-corrected chi connectivity index (χ0v) is 10.2. The summed E-state index contributed by atoms with van der Waals surface area (Å²) in [5, 5.41) is 8.68. The number of aliphatic carboxylic acids is 1. The molecule has 1 rings (SSSR count). The van der Waals surface area contributed by atoms with Crippen LogP contribution in [0, 0.1) is 0 Å². The van der Waals surface area contributed by atoms with E-state index >= 15 is 0 Å². The minimum Gasteiger partial charge on any atom is -0.481 e. The first-order valence-electron chi connectivity index (χ1n) is 5.78. The van der Waals surface area contributed by atoms with Gasteiger partial charge in [-0.3, -0.25) is 9.69 Å². The molecule has 0 aromatic rings. The molecule has 1 atom stereocenters. The fourth-order valence-corrected chi connectivity index (χ4v) is 1.87. The molecule has 1 N–H and O–H groups in total. The lowest BCUT2D eigenvalue weighted by atomic mass is 10.1. The van der Waals surface area contributed by atoms with Crippen molar-refractivity contribution in [3.05, 3.63) is 0 Å². The van der Waals surface area contributed by atoms with Crippen molar-refractivity contribution in [2.24, 2.45) is 0 Å². The van der Waals surface area contributed by atoms with Crippen LogP contribution in [-0.4, -0.2) is 73.9 Å². The van der Waals surface area contributed by atoms with Gasteiger partial charge in [0.1, 0.15) is 0 Å². The summed E-state index contributed by atoms with van der Waals surface area (Å²) in [6, 6.07) is 0.268. The van der Waals surface area contributed by atoms with E-state index in [1.54, 1.807) is 0 Å². The second-order valence-corrected chi connectivity index (χ2v) is 4.50. The predicted molar refractivity (Wildman–Crippen MR) is 61.6 cm³/mol. The highest BCUT2D eigenvalue weighted by molar-refractivity contribution is 5.66. The Labute approximate surface area is 97.0 Å². The van der Waals surface area contributed by atoms with Crippen molar-refractivity contribution in [3.8, 4) is 0 Å². The molecule has 1 aliphatic heterocycles. The average molecular weight is 230 g/mol. The van der Waals surface area contributed by atoms with Crippen molar-refractivity contribution in [1.29, 1.82) is 0 Å². The molecule has 1 unspecified atom stereocenters. The summed E-state index contributed by atoms with van der Waals surface area (Å²) < 4.78 is 5.40. The van der Waals surface area contributed by atoms with Crippen molar-refractivity contribution < 1.29 is 14.6 Å². The van der Waals surface area contributed by atoms with Gasteiger partial charge >= 0.3 is 5.97 Å². The number of nitrogens with zero attached hydrogens (tertiary/aromatic N) is 2. The molecular formula is C11H22N2O3. The summed E-state index contributed by atoms with van der Waals surface area (Å²) in [7, 11) is 4.10. The van der Waals surface area contributed by atoms with E-state index in [1.807, 2.05) is 14.1 Å². The highest BCUT2D eigenvalue weighted by Gasteiger charge is 2.23. The first kappa shape index (κ1) is 13.4. The van der Waals surface area contributed by atoms with Crippen molar-refractivity contribution in [3.63, 3.8) is 0 Å². The fraction of sp³-hybridized carbons (Fsp3) is 0.909. The molecule has 5 heteroatoms. The molecule has 1 fully saturated rings. The van der Waals surface area contributed by atoms with E-state index in [-0.39, 0.29) is 12.5 Å². The SMILES string of the molecule is CN(C)CCN1CCOCC1CCC(=O)O. The van der Waals surface area contributed by atoms with E-state index in [4.69, 9.17) is 9.84 Å².